The van der Waals surface area contributed by atoms with Gasteiger partial charge in [0.05, 0.1) is 59.5 Å². The number of aliphatic hydroxyl groups excluding tert-OH is 1. The van der Waals surface area contributed by atoms with Gasteiger partial charge in [-0.3, -0.25) is 0 Å². The zero-order valence-corrected chi connectivity index (χ0v) is 40.4. The van der Waals surface area contributed by atoms with E-state index in [-0.39, 0.29) is 52.9 Å². The van der Waals surface area contributed by atoms with Gasteiger partial charge in [0, 0.05) is 0 Å². The van der Waals surface area contributed by atoms with Crippen molar-refractivity contribution in [2.45, 2.75) is 108 Å². The minimum Gasteiger partial charge on any atom is -0.374 e. The van der Waals surface area contributed by atoms with Crippen LogP contribution in [0.3, 0.4) is 0 Å². The number of hydrogen-bond acceptors (Lipinski definition) is 11. The number of rotatable bonds is 24. The fourth-order valence-corrected chi connectivity index (χ4v) is 8.95. The standard InChI is InChI=1S/C61H64O11/c62-60-58(68-41-50-32-18-6-19-33-50)57(67-40-49-30-16-5-17-31-49)55(53(71-60)43-63-36-45-22-8-1-9-23-45)72-61-59(69-42-51-34-20-7-21-35-51)56(66-39-48-28-14-4-15-29-48)54(65-38-47-26-12-3-13-27-47)52(44-70-61)64-37-46-24-10-2-11-25-46/h1-35,52-62H,36-44H2/t52-,53-,54+,55-,56-,57+,58-,59+,60+,61-/m1/s1. The van der Waals surface area contributed by atoms with Crippen molar-refractivity contribution in [2.75, 3.05) is 13.2 Å². The lowest BCUT2D eigenvalue weighted by Gasteiger charge is -2.46. The van der Waals surface area contributed by atoms with Crippen molar-refractivity contribution in [3.63, 3.8) is 0 Å². The molecule has 0 spiro atoms. The molecule has 9 rings (SSSR count). The van der Waals surface area contributed by atoms with Gasteiger partial charge in [0.25, 0.3) is 0 Å². The number of benzene rings is 7. The van der Waals surface area contributed by atoms with Crippen molar-refractivity contribution in [3.8, 4) is 0 Å². The topological polar surface area (TPSA) is 113 Å². The highest BCUT2D eigenvalue weighted by Crippen LogP contribution is 2.35. The summed E-state index contributed by atoms with van der Waals surface area (Å²) >= 11 is 0. The second-order valence-electron chi connectivity index (χ2n) is 18.0. The lowest BCUT2D eigenvalue weighted by atomic mass is 9.97. The van der Waals surface area contributed by atoms with Crippen LogP contribution in [0.2, 0.25) is 0 Å². The van der Waals surface area contributed by atoms with E-state index in [1.807, 2.05) is 212 Å². The first-order chi connectivity index (χ1) is 35.6. The Morgan fingerprint density at radius 1 is 0.347 bits per heavy atom. The Balaban J connectivity index is 1.11. The summed E-state index contributed by atoms with van der Waals surface area (Å²) in [5.41, 5.74) is 6.70. The molecule has 0 amide bonds. The highest BCUT2D eigenvalue weighted by molar-refractivity contribution is 5.19. The Morgan fingerprint density at radius 3 is 1.07 bits per heavy atom. The van der Waals surface area contributed by atoms with Crippen LogP contribution >= 0.6 is 0 Å². The Kier molecular flexibility index (Phi) is 19.3. The van der Waals surface area contributed by atoms with Gasteiger partial charge in [0.2, 0.25) is 0 Å². The summed E-state index contributed by atoms with van der Waals surface area (Å²) < 4.78 is 68.9. The average molecular weight is 973 g/mol. The smallest absolute Gasteiger partial charge is 0.187 e. The molecule has 2 fully saturated rings. The molecule has 7 aromatic carbocycles. The largest absolute Gasteiger partial charge is 0.374 e. The first-order valence-electron chi connectivity index (χ1n) is 24.8. The molecule has 374 valence electrons. The van der Waals surface area contributed by atoms with E-state index >= 15 is 0 Å². The van der Waals surface area contributed by atoms with Crippen LogP contribution in [0.5, 0.6) is 0 Å². The Labute approximate surface area is 423 Å². The third-order valence-electron chi connectivity index (χ3n) is 12.7. The molecular formula is C61H64O11. The first kappa shape index (κ1) is 51.0. The highest BCUT2D eigenvalue weighted by atomic mass is 16.7. The molecule has 0 unspecified atom stereocenters. The summed E-state index contributed by atoms with van der Waals surface area (Å²) in [6.07, 6.45) is -9.45. The van der Waals surface area contributed by atoms with Crippen LogP contribution in [0.1, 0.15) is 38.9 Å². The monoisotopic (exact) mass is 972 g/mol. The fraction of sp³-hybridized carbons (Fsp3) is 0.311. The molecule has 7 aromatic rings. The van der Waals surface area contributed by atoms with Crippen LogP contribution in [0.25, 0.3) is 0 Å². The van der Waals surface area contributed by atoms with Crippen LogP contribution in [-0.2, 0) is 93.6 Å². The van der Waals surface area contributed by atoms with Crippen molar-refractivity contribution in [1.82, 2.24) is 0 Å². The van der Waals surface area contributed by atoms with Crippen LogP contribution in [0.15, 0.2) is 212 Å². The second-order valence-corrected chi connectivity index (χ2v) is 18.0. The SMILES string of the molecule is O[C@H]1O[C@H](COCc2ccccc2)[C@@H](O[C@H]2OC[C@@H](OCc3ccccc3)[C@H](OCc3ccccc3)[C@@H](OCc3ccccc3)[C@@H]2OCc2ccccc2)[C@H](OCc2ccccc2)[C@H]1OCc1ccccc1. The summed E-state index contributed by atoms with van der Waals surface area (Å²) in [5.74, 6) is 0. The predicted octanol–water partition coefficient (Wildman–Crippen LogP) is 10.2. The van der Waals surface area contributed by atoms with Gasteiger partial charge in [-0.1, -0.05) is 212 Å². The Bertz CT molecular complexity index is 2550. The molecule has 10 atom stereocenters. The molecule has 0 bridgehead atoms. The van der Waals surface area contributed by atoms with E-state index in [0.29, 0.717) is 6.61 Å². The average Bonchev–Trinajstić information content (AvgIpc) is 3.57. The van der Waals surface area contributed by atoms with Crippen molar-refractivity contribution < 1.29 is 52.5 Å². The minimum absolute atomic E-state index is 0.0367. The number of hydrogen-bond donors (Lipinski definition) is 1. The van der Waals surface area contributed by atoms with Crippen LogP contribution in [-0.4, -0.2) is 79.7 Å². The molecule has 2 aliphatic rings. The molecule has 72 heavy (non-hydrogen) atoms. The van der Waals surface area contributed by atoms with E-state index in [1.54, 1.807) is 0 Å². The van der Waals surface area contributed by atoms with Gasteiger partial charge < -0.3 is 52.5 Å². The lowest BCUT2D eigenvalue weighted by Crippen LogP contribution is -2.63. The van der Waals surface area contributed by atoms with Gasteiger partial charge in [-0.05, 0) is 38.9 Å². The van der Waals surface area contributed by atoms with E-state index < -0.39 is 61.4 Å². The summed E-state index contributed by atoms with van der Waals surface area (Å²) in [6, 6.07) is 69.6. The molecule has 2 aliphatic heterocycles. The highest BCUT2D eigenvalue weighted by Gasteiger charge is 2.53. The van der Waals surface area contributed by atoms with Crippen LogP contribution in [0, 0.1) is 0 Å². The van der Waals surface area contributed by atoms with Crippen LogP contribution < -0.4 is 0 Å². The maximum atomic E-state index is 12.0. The summed E-state index contributed by atoms with van der Waals surface area (Å²) in [6.45, 7) is 1.73. The third kappa shape index (κ3) is 14.8. The van der Waals surface area contributed by atoms with Gasteiger partial charge in [-0.15, -0.1) is 0 Å². The number of ether oxygens (including phenoxy) is 10. The molecule has 0 aromatic heterocycles. The summed E-state index contributed by atoms with van der Waals surface area (Å²) in [5, 5.41) is 12.0. The Morgan fingerprint density at radius 2 is 0.667 bits per heavy atom. The molecule has 1 N–H and O–H groups in total. The quantitative estimate of drug-likeness (QED) is 0.0625. The Hall–Kier alpha value is -5.90. The fourth-order valence-electron chi connectivity index (χ4n) is 8.95. The van der Waals surface area contributed by atoms with Gasteiger partial charge in [-0.2, -0.15) is 0 Å². The van der Waals surface area contributed by atoms with Crippen molar-refractivity contribution in [2.24, 2.45) is 0 Å². The molecule has 2 heterocycles. The van der Waals surface area contributed by atoms with E-state index in [1.165, 1.54) is 0 Å². The summed E-state index contributed by atoms with van der Waals surface area (Å²) in [4.78, 5) is 0. The molecule has 2 saturated heterocycles. The van der Waals surface area contributed by atoms with Gasteiger partial charge in [0.15, 0.2) is 12.6 Å². The molecule has 0 radical (unpaired) electrons. The molecule has 0 saturated carbocycles. The van der Waals surface area contributed by atoms with E-state index in [0.717, 1.165) is 38.9 Å². The number of aliphatic hydroxyl groups is 1. The van der Waals surface area contributed by atoms with Crippen LogP contribution in [0.4, 0.5) is 0 Å². The minimum atomic E-state index is -1.41. The van der Waals surface area contributed by atoms with Gasteiger partial charge >= 0.3 is 0 Å². The molecule has 11 nitrogen and oxygen atoms in total. The van der Waals surface area contributed by atoms with Gasteiger partial charge in [0.1, 0.15) is 48.8 Å². The molecular weight excluding hydrogens is 909 g/mol. The predicted molar refractivity (Wildman–Crippen MR) is 272 cm³/mol. The van der Waals surface area contributed by atoms with Crippen molar-refractivity contribution >= 4 is 0 Å². The van der Waals surface area contributed by atoms with Crippen molar-refractivity contribution in [3.05, 3.63) is 251 Å². The van der Waals surface area contributed by atoms with Crippen molar-refractivity contribution in [1.29, 1.82) is 0 Å². The third-order valence-corrected chi connectivity index (χ3v) is 12.7. The van der Waals surface area contributed by atoms with Gasteiger partial charge in [-0.25, -0.2) is 0 Å². The first-order valence-corrected chi connectivity index (χ1v) is 24.8. The summed E-state index contributed by atoms with van der Waals surface area (Å²) in [7, 11) is 0. The molecule has 11 heteroatoms. The zero-order valence-electron chi connectivity index (χ0n) is 40.4. The normalized spacial score (nSPS) is 24.3. The van der Waals surface area contributed by atoms with E-state index in [4.69, 9.17) is 47.4 Å². The van der Waals surface area contributed by atoms with E-state index in [2.05, 4.69) is 0 Å². The maximum absolute atomic E-state index is 12.0. The zero-order chi connectivity index (χ0) is 49.0. The maximum Gasteiger partial charge on any atom is 0.187 e. The lowest BCUT2D eigenvalue weighted by molar-refractivity contribution is -0.346. The molecule has 0 aliphatic carbocycles. The second kappa shape index (κ2) is 27.2. The van der Waals surface area contributed by atoms with E-state index in [9.17, 15) is 5.11 Å².